The third-order valence-electron chi connectivity index (χ3n) is 2.73. The van der Waals surface area contributed by atoms with E-state index in [4.69, 9.17) is 0 Å². The van der Waals surface area contributed by atoms with Crippen LogP contribution < -0.4 is 5.11 Å². The summed E-state index contributed by atoms with van der Waals surface area (Å²) in [5, 5.41) is 10.1. The number of hydrogen-bond acceptors (Lipinski definition) is 2. The molecule has 0 atom stereocenters. The van der Waals surface area contributed by atoms with E-state index in [-0.39, 0.29) is 33.7 Å². The van der Waals surface area contributed by atoms with Gasteiger partial charge in [-0.2, -0.15) is 0 Å². The Bertz CT molecular complexity index is 149. The van der Waals surface area contributed by atoms with Crippen LogP contribution in [0.15, 0.2) is 0 Å². The topological polar surface area (TPSA) is 40.1 Å². The predicted molar refractivity (Wildman–Crippen MR) is 67.2 cm³/mol. The minimum Gasteiger partial charge on any atom is -0.550 e. The standard InChI is InChI=1S/C13H26O2.Tl/c1-2-3-4-5-6-7-8-9-10-11-12-13(14)15;/h2-12H2,1H3,(H,14,15);/q;+1/p-1. The molecule has 0 aliphatic carbocycles. The van der Waals surface area contributed by atoms with Crippen molar-refractivity contribution in [2.45, 2.75) is 77.6 Å². The molecule has 0 aliphatic rings. The Hall–Kier alpha value is 0.392. The summed E-state index contributed by atoms with van der Waals surface area (Å²) in [6.45, 7) is 2.23. The van der Waals surface area contributed by atoms with Gasteiger partial charge in [0.15, 0.2) is 0 Å². The molecule has 0 amide bonds. The summed E-state index contributed by atoms with van der Waals surface area (Å²) in [6, 6.07) is 0. The van der Waals surface area contributed by atoms with E-state index in [0.717, 1.165) is 12.8 Å². The first-order valence-corrected chi connectivity index (χ1v) is 6.47. The maximum atomic E-state index is 10.1. The molecule has 0 aliphatic heterocycles. The minimum absolute atomic E-state index is 0. The molecule has 0 rings (SSSR count). The Morgan fingerprint density at radius 3 is 1.56 bits per heavy atom. The van der Waals surface area contributed by atoms with Crippen molar-refractivity contribution in [3.8, 4) is 0 Å². The molecule has 0 aromatic heterocycles. The third-order valence-corrected chi connectivity index (χ3v) is 2.73. The molecule has 0 heterocycles. The van der Waals surface area contributed by atoms with Crippen molar-refractivity contribution in [1.82, 2.24) is 0 Å². The Morgan fingerprint density at radius 2 is 1.19 bits per heavy atom. The van der Waals surface area contributed by atoms with Gasteiger partial charge in [0.25, 0.3) is 0 Å². The van der Waals surface area contributed by atoms with Crippen molar-refractivity contribution >= 4 is 33.3 Å². The molecule has 0 N–H and O–H groups in total. The summed E-state index contributed by atoms with van der Waals surface area (Å²) in [7, 11) is 0. The second-order valence-electron chi connectivity index (χ2n) is 4.30. The van der Waals surface area contributed by atoms with Gasteiger partial charge in [-0.25, -0.2) is 0 Å². The van der Waals surface area contributed by atoms with E-state index in [1.807, 2.05) is 0 Å². The molecular weight excluding hydrogens is 393 g/mol. The summed E-state index contributed by atoms with van der Waals surface area (Å²) in [4.78, 5) is 10.1. The summed E-state index contributed by atoms with van der Waals surface area (Å²) < 4.78 is 0. The van der Waals surface area contributed by atoms with Gasteiger partial charge in [0.05, 0.1) is 0 Å². The van der Waals surface area contributed by atoms with E-state index in [0.29, 0.717) is 0 Å². The predicted octanol–water partition coefficient (Wildman–Crippen LogP) is 2.67. The molecule has 0 fully saturated rings. The van der Waals surface area contributed by atoms with Crippen molar-refractivity contribution in [3.05, 3.63) is 0 Å². The first kappa shape index (κ1) is 18.7. The summed E-state index contributed by atoms with van der Waals surface area (Å²) in [6.07, 6.45) is 12.6. The largest absolute Gasteiger partial charge is 1.00 e. The Balaban J connectivity index is 0. The number of carbonyl (C=O) groups excluding carboxylic acids is 1. The van der Waals surface area contributed by atoms with Crippen molar-refractivity contribution < 1.29 is 9.90 Å². The summed E-state index contributed by atoms with van der Waals surface area (Å²) >= 11 is 0. The van der Waals surface area contributed by atoms with Crippen molar-refractivity contribution in [2.24, 2.45) is 0 Å². The summed E-state index contributed by atoms with van der Waals surface area (Å²) in [5.74, 6) is -0.908. The zero-order valence-electron chi connectivity index (χ0n) is 10.7. The monoisotopic (exact) mass is 418 g/mol. The van der Waals surface area contributed by atoms with Crippen LogP contribution in [-0.4, -0.2) is 33.3 Å². The van der Waals surface area contributed by atoms with Crippen LogP contribution in [0.4, 0.5) is 0 Å². The Kier molecular flexibility index (Phi) is 18.0. The van der Waals surface area contributed by atoms with E-state index in [2.05, 4.69) is 6.92 Å². The zero-order valence-corrected chi connectivity index (χ0v) is 15.2. The van der Waals surface area contributed by atoms with Gasteiger partial charge in [-0.05, 0) is 12.8 Å². The van der Waals surface area contributed by atoms with Crippen LogP contribution in [0.3, 0.4) is 0 Å². The molecule has 0 aromatic carbocycles. The van der Waals surface area contributed by atoms with Crippen molar-refractivity contribution in [1.29, 1.82) is 0 Å². The average Bonchev–Trinajstić information content (AvgIpc) is 2.20. The van der Waals surface area contributed by atoms with Crippen LogP contribution in [0, 0.1) is 0 Å². The van der Waals surface area contributed by atoms with Crippen LogP contribution in [0.5, 0.6) is 0 Å². The van der Waals surface area contributed by atoms with Gasteiger partial charge in [0.1, 0.15) is 0 Å². The molecule has 0 spiro atoms. The zero-order chi connectivity index (χ0) is 11.4. The van der Waals surface area contributed by atoms with Crippen LogP contribution in [-0.2, 0) is 4.79 Å². The molecule has 0 bridgehead atoms. The number of hydrogen-bond donors (Lipinski definition) is 0. The number of aliphatic carboxylic acids is 1. The fraction of sp³-hybridized carbons (Fsp3) is 0.923. The van der Waals surface area contributed by atoms with E-state index in [1.54, 1.807) is 0 Å². The normalized spacial score (nSPS) is 9.81. The van der Waals surface area contributed by atoms with Crippen LogP contribution in [0.1, 0.15) is 77.6 Å². The van der Waals surface area contributed by atoms with Gasteiger partial charge in [-0.1, -0.05) is 64.7 Å². The molecule has 92 valence electrons. The minimum atomic E-state index is -0.908. The van der Waals surface area contributed by atoms with E-state index in [1.165, 1.54) is 51.4 Å². The first-order chi connectivity index (χ1) is 7.27. The summed E-state index contributed by atoms with van der Waals surface area (Å²) in [5.41, 5.74) is 0. The number of carboxylic acid groups (broad SMARTS) is 1. The van der Waals surface area contributed by atoms with Crippen LogP contribution >= 0.6 is 0 Å². The fourth-order valence-electron chi connectivity index (χ4n) is 1.76. The maximum absolute atomic E-state index is 10.1. The van der Waals surface area contributed by atoms with Gasteiger partial charge < -0.3 is 9.90 Å². The van der Waals surface area contributed by atoms with Gasteiger partial charge in [0, 0.05) is 5.97 Å². The maximum Gasteiger partial charge on any atom is 1.00 e. The second kappa shape index (κ2) is 15.4. The molecule has 0 saturated heterocycles. The van der Waals surface area contributed by atoms with E-state index in [9.17, 15) is 9.90 Å². The Labute approximate surface area is 120 Å². The average molecular weight is 418 g/mol. The molecule has 0 saturated carbocycles. The molecule has 0 radical (unpaired) electrons. The van der Waals surface area contributed by atoms with Crippen molar-refractivity contribution in [3.63, 3.8) is 0 Å². The molecule has 16 heavy (non-hydrogen) atoms. The van der Waals surface area contributed by atoms with Crippen molar-refractivity contribution in [2.75, 3.05) is 0 Å². The Morgan fingerprint density at radius 1 is 0.812 bits per heavy atom. The number of rotatable bonds is 11. The van der Waals surface area contributed by atoms with Gasteiger partial charge in [0.2, 0.25) is 0 Å². The van der Waals surface area contributed by atoms with E-state index >= 15 is 0 Å². The van der Waals surface area contributed by atoms with E-state index < -0.39 is 5.97 Å². The van der Waals surface area contributed by atoms with Crippen LogP contribution in [0.2, 0.25) is 0 Å². The number of carboxylic acids is 1. The molecule has 3 heteroatoms. The number of unbranched alkanes of at least 4 members (excludes halogenated alkanes) is 9. The molecule has 2 nitrogen and oxygen atoms in total. The third kappa shape index (κ3) is 16.8. The molecule has 0 unspecified atom stereocenters. The molecular formula is C13H25O2Tl. The smallest absolute Gasteiger partial charge is 0.550 e. The van der Waals surface area contributed by atoms with Gasteiger partial charge in [-0.3, -0.25) is 0 Å². The number of carbonyl (C=O) groups is 1. The molecule has 0 aromatic rings. The van der Waals surface area contributed by atoms with Crippen LogP contribution in [0.25, 0.3) is 0 Å². The van der Waals surface area contributed by atoms with Gasteiger partial charge >= 0.3 is 27.3 Å². The van der Waals surface area contributed by atoms with Gasteiger partial charge in [-0.15, -0.1) is 0 Å². The fourth-order valence-corrected chi connectivity index (χ4v) is 1.76. The first-order valence-electron chi connectivity index (χ1n) is 6.47. The quantitative estimate of drug-likeness (QED) is 0.383. The second-order valence-corrected chi connectivity index (χ2v) is 4.30. The SMILES string of the molecule is CCCCCCCCCCCCC(=O)[O-].[Tl+].